The second kappa shape index (κ2) is 6.49. The standard InChI is InChI=1S/C13H18FNO4/c1-13(12(16)17,15-7-8-18-2)11-9(14)5-4-6-10(11)19-3/h4-6,15H,7-8H2,1-3H3,(H,16,17). The van der Waals surface area contributed by atoms with Gasteiger partial charge in [-0.3, -0.25) is 5.32 Å². The molecule has 1 rings (SSSR count). The molecule has 5 nitrogen and oxygen atoms in total. The number of ether oxygens (including phenoxy) is 2. The zero-order chi connectivity index (χ0) is 14.5. The lowest BCUT2D eigenvalue weighted by Crippen LogP contribution is -2.48. The molecule has 1 atom stereocenters. The molecule has 0 bridgehead atoms. The van der Waals surface area contributed by atoms with Gasteiger partial charge < -0.3 is 14.6 Å². The fourth-order valence-electron chi connectivity index (χ4n) is 1.83. The van der Waals surface area contributed by atoms with Crippen molar-refractivity contribution in [1.29, 1.82) is 0 Å². The molecule has 6 heteroatoms. The fourth-order valence-corrected chi connectivity index (χ4v) is 1.83. The van der Waals surface area contributed by atoms with Crippen molar-refractivity contribution in [2.45, 2.75) is 12.5 Å². The molecule has 19 heavy (non-hydrogen) atoms. The van der Waals surface area contributed by atoms with Crippen LogP contribution in [0.15, 0.2) is 18.2 Å². The summed E-state index contributed by atoms with van der Waals surface area (Å²) in [6.45, 7) is 1.99. The zero-order valence-electron chi connectivity index (χ0n) is 11.2. The zero-order valence-corrected chi connectivity index (χ0v) is 11.2. The molecule has 0 aliphatic rings. The van der Waals surface area contributed by atoms with Crippen LogP contribution < -0.4 is 10.1 Å². The number of halogens is 1. The van der Waals surface area contributed by atoms with Crippen LogP contribution in [0.5, 0.6) is 5.75 Å². The molecule has 106 valence electrons. The molecule has 1 aromatic rings. The van der Waals surface area contributed by atoms with Gasteiger partial charge >= 0.3 is 5.97 Å². The second-order valence-corrected chi connectivity index (χ2v) is 4.17. The molecular formula is C13H18FNO4. The molecule has 0 saturated carbocycles. The van der Waals surface area contributed by atoms with Gasteiger partial charge in [0.15, 0.2) is 0 Å². The first-order valence-electron chi connectivity index (χ1n) is 5.77. The maximum atomic E-state index is 14.0. The summed E-state index contributed by atoms with van der Waals surface area (Å²) >= 11 is 0. The average Bonchev–Trinajstić information content (AvgIpc) is 2.38. The fraction of sp³-hybridized carbons (Fsp3) is 0.462. The molecule has 0 heterocycles. The topological polar surface area (TPSA) is 67.8 Å². The third-order valence-corrected chi connectivity index (χ3v) is 2.91. The quantitative estimate of drug-likeness (QED) is 0.733. The number of rotatable bonds is 7. The van der Waals surface area contributed by atoms with Crippen molar-refractivity contribution in [2.75, 3.05) is 27.4 Å². The molecule has 0 aliphatic heterocycles. The smallest absolute Gasteiger partial charge is 0.328 e. The molecule has 0 saturated heterocycles. The van der Waals surface area contributed by atoms with E-state index in [1.165, 1.54) is 39.3 Å². The van der Waals surface area contributed by atoms with Gasteiger partial charge in [0.05, 0.1) is 19.3 Å². The number of aliphatic carboxylic acids is 1. The lowest BCUT2D eigenvalue weighted by Gasteiger charge is -2.28. The first kappa shape index (κ1) is 15.4. The number of hydrogen-bond donors (Lipinski definition) is 2. The van der Waals surface area contributed by atoms with Crippen LogP contribution >= 0.6 is 0 Å². The molecule has 0 aliphatic carbocycles. The van der Waals surface area contributed by atoms with Crippen LogP contribution in [0.4, 0.5) is 4.39 Å². The van der Waals surface area contributed by atoms with Crippen molar-refractivity contribution in [3.05, 3.63) is 29.6 Å². The Hall–Kier alpha value is -1.66. The summed E-state index contributed by atoms with van der Waals surface area (Å²) < 4.78 is 23.9. The summed E-state index contributed by atoms with van der Waals surface area (Å²) in [5, 5.41) is 12.2. The van der Waals surface area contributed by atoms with Gasteiger partial charge in [0, 0.05) is 13.7 Å². The van der Waals surface area contributed by atoms with Crippen LogP contribution in [-0.2, 0) is 15.1 Å². The van der Waals surface area contributed by atoms with Gasteiger partial charge in [-0.2, -0.15) is 0 Å². The van der Waals surface area contributed by atoms with Crippen LogP contribution in [0.1, 0.15) is 12.5 Å². The van der Waals surface area contributed by atoms with Crippen LogP contribution in [-0.4, -0.2) is 38.4 Å². The molecule has 1 unspecified atom stereocenters. The number of methoxy groups -OCH3 is 2. The van der Waals surface area contributed by atoms with Crippen molar-refractivity contribution < 1.29 is 23.8 Å². The van der Waals surface area contributed by atoms with Crippen LogP contribution in [0.3, 0.4) is 0 Å². The summed E-state index contributed by atoms with van der Waals surface area (Å²) in [5.41, 5.74) is -1.61. The molecule has 0 amide bonds. The van der Waals surface area contributed by atoms with Crippen LogP contribution in [0.2, 0.25) is 0 Å². The van der Waals surface area contributed by atoms with Crippen molar-refractivity contribution in [3.8, 4) is 5.75 Å². The summed E-state index contributed by atoms with van der Waals surface area (Å²) in [4.78, 5) is 11.5. The average molecular weight is 271 g/mol. The Bertz CT molecular complexity index is 452. The lowest BCUT2D eigenvalue weighted by molar-refractivity contribution is -0.144. The van der Waals surface area contributed by atoms with Gasteiger partial charge in [-0.25, -0.2) is 9.18 Å². The SMILES string of the molecule is COCCNC(C)(C(=O)O)c1c(F)cccc1OC. The van der Waals surface area contributed by atoms with Crippen molar-refractivity contribution >= 4 is 5.97 Å². The summed E-state index contributed by atoms with van der Waals surface area (Å²) in [7, 11) is 2.87. The number of carboxylic acid groups (broad SMARTS) is 1. The molecule has 0 spiro atoms. The Labute approximate surface area is 111 Å². The molecule has 1 aromatic carbocycles. The first-order chi connectivity index (χ1) is 8.97. The molecule has 0 radical (unpaired) electrons. The minimum Gasteiger partial charge on any atom is -0.496 e. The number of carboxylic acids is 1. The Balaban J connectivity index is 3.22. The summed E-state index contributed by atoms with van der Waals surface area (Å²) in [6.07, 6.45) is 0. The van der Waals surface area contributed by atoms with E-state index in [9.17, 15) is 14.3 Å². The van der Waals surface area contributed by atoms with Gasteiger partial charge in [0.2, 0.25) is 0 Å². The summed E-state index contributed by atoms with van der Waals surface area (Å²) in [6, 6.07) is 4.20. The van der Waals surface area contributed by atoms with Crippen molar-refractivity contribution in [1.82, 2.24) is 5.32 Å². The highest BCUT2D eigenvalue weighted by molar-refractivity contribution is 5.81. The van der Waals surface area contributed by atoms with Crippen LogP contribution in [0, 0.1) is 5.82 Å². The Morgan fingerprint density at radius 3 is 2.68 bits per heavy atom. The minimum atomic E-state index is -1.59. The van der Waals surface area contributed by atoms with E-state index in [0.29, 0.717) is 6.61 Å². The second-order valence-electron chi connectivity index (χ2n) is 4.17. The largest absolute Gasteiger partial charge is 0.496 e. The van der Waals surface area contributed by atoms with Gasteiger partial charge in [0.1, 0.15) is 17.1 Å². The number of hydrogen-bond acceptors (Lipinski definition) is 4. The van der Waals surface area contributed by atoms with E-state index in [1.54, 1.807) is 0 Å². The normalized spacial score (nSPS) is 13.9. The van der Waals surface area contributed by atoms with Crippen molar-refractivity contribution in [3.63, 3.8) is 0 Å². The highest BCUT2D eigenvalue weighted by Crippen LogP contribution is 2.32. The molecular weight excluding hydrogens is 253 g/mol. The van der Waals surface area contributed by atoms with Gasteiger partial charge in [0.25, 0.3) is 0 Å². The monoisotopic (exact) mass is 271 g/mol. The third kappa shape index (κ3) is 3.21. The van der Waals surface area contributed by atoms with Crippen LogP contribution in [0.25, 0.3) is 0 Å². The predicted octanol–water partition coefficient (Wildman–Crippen LogP) is 1.37. The minimum absolute atomic E-state index is 0.0268. The predicted molar refractivity (Wildman–Crippen MR) is 67.8 cm³/mol. The summed E-state index contributed by atoms with van der Waals surface area (Å²) in [5.74, 6) is -1.63. The highest BCUT2D eigenvalue weighted by Gasteiger charge is 2.39. The Kier molecular flexibility index (Phi) is 5.26. The van der Waals surface area contributed by atoms with Gasteiger partial charge in [-0.1, -0.05) is 6.07 Å². The molecule has 0 aromatic heterocycles. The van der Waals surface area contributed by atoms with E-state index in [-0.39, 0.29) is 17.9 Å². The maximum absolute atomic E-state index is 14.0. The maximum Gasteiger partial charge on any atom is 0.328 e. The highest BCUT2D eigenvalue weighted by atomic mass is 19.1. The van der Waals surface area contributed by atoms with E-state index in [1.807, 2.05) is 0 Å². The first-order valence-corrected chi connectivity index (χ1v) is 5.77. The van der Waals surface area contributed by atoms with E-state index < -0.39 is 17.3 Å². The van der Waals surface area contributed by atoms with Crippen molar-refractivity contribution in [2.24, 2.45) is 0 Å². The number of benzene rings is 1. The molecule has 0 fully saturated rings. The molecule has 2 N–H and O–H groups in total. The number of nitrogens with one attached hydrogen (secondary N) is 1. The van der Waals surface area contributed by atoms with E-state index in [0.717, 1.165) is 0 Å². The van der Waals surface area contributed by atoms with E-state index >= 15 is 0 Å². The third-order valence-electron chi connectivity index (χ3n) is 2.91. The van der Waals surface area contributed by atoms with Gasteiger partial charge in [-0.15, -0.1) is 0 Å². The Morgan fingerprint density at radius 2 is 2.16 bits per heavy atom. The van der Waals surface area contributed by atoms with E-state index in [4.69, 9.17) is 9.47 Å². The van der Waals surface area contributed by atoms with E-state index in [2.05, 4.69) is 5.32 Å². The number of carbonyl (C=O) groups is 1. The lowest BCUT2D eigenvalue weighted by atomic mass is 9.90. The van der Waals surface area contributed by atoms with Gasteiger partial charge in [-0.05, 0) is 19.1 Å². The Morgan fingerprint density at radius 1 is 1.47 bits per heavy atom.